The van der Waals surface area contributed by atoms with E-state index in [1.807, 2.05) is 19.6 Å². The highest BCUT2D eigenvalue weighted by Gasteiger charge is 2.20. The van der Waals surface area contributed by atoms with E-state index in [2.05, 4.69) is 35.2 Å². The van der Waals surface area contributed by atoms with E-state index in [1.165, 1.54) is 12.1 Å². The predicted molar refractivity (Wildman–Crippen MR) is 71.6 cm³/mol. The Hall–Kier alpha value is -0.870. The van der Waals surface area contributed by atoms with Crippen LogP contribution in [0.3, 0.4) is 0 Å². The largest absolute Gasteiger partial charge is 0.337 e. The summed E-state index contributed by atoms with van der Waals surface area (Å²) in [4.78, 5) is 6.63. The molecule has 17 heavy (non-hydrogen) atoms. The molecule has 1 aromatic heterocycles. The molecule has 0 aromatic carbocycles. The van der Waals surface area contributed by atoms with E-state index in [4.69, 9.17) is 5.73 Å². The minimum Gasteiger partial charge on any atom is -0.337 e. The van der Waals surface area contributed by atoms with Crippen molar-refractivity contribution in [1.82, 2.24) is 14.5 Å². The normalized spacial score (nSPS) is 12.4. The van der Waals surface area contributed by atoms with Gasteiger partial charge in [-0.05, 0) is 24.9 Å². The predicted octanol–water partition coefficient (Wildman–Crippen LogP) is 1.62. The Morgan fingerprint density at radius 2 is 2.18 bits per heavy atom. The van der Waals surface area contributed by atoms with Crippen molar-refractivity contribution in [3.8, 4) is 0 Å². The van der Waals surface area contributed by atoms with Gasteiger partial charge < -0.3 is 10.3 Å². The molecular formula is C13H26N4. The maximum Gasteiger partial charge on any atom is 0.0945 e. The lowest BCUT2D eigenvalue weighted by Crippen LogP contribution is -2.39. The molecule has 1 aromatic rings. The Bertz CT molecular complexity index is 330. The third-order valence-corrected chi connectivity index (χ3v) is 3.05. The second-order valence-corrected chi connectivity index (χ2v) is 5.57. The van der Waals surface area contributed by atoms with Crippen molar-refractivity contribution in [3.05, 3.63) is 18.2 Å². The van der Waals surface area contributed by atoms with Gasteiger partial charge in [-0.3, -0.25) is 4.90 Å². The molecule has 4 heteroatoms. The third-order valence-electron chi connectivity index (χ3n) is 3.05. The SMILES string of the molecule is CCCN(Cc1cncn1C)CC(C)(C)CN. The minimum absolute atomic E-state index is 0.174. The van der Waals surface area contributed by atoms with Gasteiger partial charge >= 0.3 is 0 Å². The van der Waals surface area contributed by atoms with Crippen molar-refractivity contribution >= 4 is 0 Å². The summed E-state index contributed by atoms with van der Waals surface area (Å²) < 4.78 is 2.08. The first-order chi connectivity index (χ1) is 7.98. The molecule has 0 aliphatic carbocycles. The zero-order chi connectivity index (χ0) is 12.9. The summed E-state index contributed by atoms with van der Waals surface area (Å²) in [7, 11) is 2.04. The fourth-order valence-electron chi connectivity index (χ4n) is 1.97. The van der Waals surface area contributed by atoms with E-state index in [0.29, 0.717) is 0 Å². The van der Waals surface area contributed by atoms with Gasteiger partial charge in [0.15, 0.2) is 0 Å². The van der Waals surface area contributed by atoms with Crippen LogP contribution < -0.4 is 5.73 Å². The van der Waals surface area contributed by atoms with Crippen LogP contribution in [0.15, 0.2) is 12.5 Å². The minimum atomic E-state index is 0.174. The van der Waals surface area contributed by atoms with Crippen molar-refractivity contribution in [3.63, 3.8) is 0 Å². The van der Waals surface area contributed by atoms with Crippen molar-refractivity contribution in [1.29, 1.82) is 0 Å². The zero-order valence-electron chi connectivity index (χ0n) is 11.6. The third kappa shape index (κ3) is 4.48. The summed E-state index contributed by atoms with van der Waals surface area (Å²) in [5, 5.41) is 0. The first-order valence-corrected chi connectivity index (χ1v) is 6.36. The Morgan fingerprint density at radius 1 is 1.47 bits per heavy atom. The molecule has 0 atom stereocenters. The van der Waals surface area contributed by atoms with E-state index < -0.39 is 0 Å². The van der Waals surface area contributed by atoms with E-state index in [0.717, 1.165) is 26.2 Å². The van der Waals surface area contributed by atoms with Gasteiger partial charge in [0.05, 0.1) is 12.0 Å². The summed E-state index contributed by atoms with van der Waals surface area (Å²) in [5.41, 5.74) is 7.24. The summed E-state index contributed by atoms with van der Waals surface area (Å²) in [6.45, 7) is 10.5. The smallest absolute Gasteiger partial charge is 0.0945 e. The van der Waals surface area contributed by atoms with E-state index >= 15 is 0 Å². The second-order valence-electron chi connectivity index (χ2n) is 5.57. The van der Waals surface area contributed by atoms with Crippen molar-refractivity contribution in [2.45, 2.75) is 33.7 Å². The lowest BCUT2D eigenvalue weighted by atomic mass is 9.93. The van der Waals surface area contributed by atoms with Crippen LogP contribution in [0, 0.1) is 5.41 Å². The van der Waals surface area contributed by atoms with Gasteiger partial charge in [0.25, 0.3) is 0 Å². The fourth-order valence-corrected chi connectivity index (χ4v) is 1.97. The highest BCUT2D eigenvalue weighted by Crippen LogP contribution is 2.16. The number of hydrogen-bond donors (Lipinski definition) is 1. The molecule has 2 N–H and O–H groups in total. The van der Waals surface area contributed by atoms with Crippen LogP contribution >= 0.6 is 0 Å². The van der Waals surface area contributed by atoms with Crippen LogP contribution in [-0.4, -0.2) is 34.1 Å². The Kier molecular flexibility index (Phi) is 5.15. The van der Waals surface area contributed by atoms with Crippen LogP contribution in [0.25, 0.3) is 0 Å². The molecule has 0 saturated carbocycles. The summed E-state index contributed by atoms with van der Waals surface area (Å²) in [6.07, 6.45) is 4.96. The first kappa shape index (κ1) is 14.2. The Balaban J connectivity index is 2.63. The first-order valence-electron chi connectivity index (χ1n) is 6.36. The van der Waals surface area contributed by atoms with Crippen LogP contribution in [-0.2, 0) is 13.6 Å². The highest BCUT2D eigenvalue weighted by atomic mass is 15.2. The number of aromatic nitrogens is 2. The Morgan fingerprint density at radius 3 is 2.65 bits per heavy atom. The molecule has 4 nitrogen and oxygen atoms in total. The van der Waals surface area contributed by atoms with Crippen molar-refractivity contribution in [2.75, 3.05) is 19.6 Å². The van der Waals surface area contributed by atoms with E-state index in [9.17, 15) is 0 Å². The number of nitrogens with zero attached hydrogens (tertiary/aromatic N) is 3. The molecule has 0 spiro atoms. The molecule has 0 saturated heterocycles. The van der Waals surface area contributed by atoms with Crippen molar-refractivity contribution in [2.24, 2.45) is 18.2 Å². The van der Waals surface area contributed by atoms with Gasteiger partial charge in [-0.25, -0.2) is 4.98 Å². The molecule has 0 radical (unpaired) electrons. The van der Waals surface area contributed by atoms with Gasteiger partial charge in [0.2, 0.25) is 0 Å². The van der Waals surface area contributed by atoms with Crippen LogP contribution in [0.5, 0.6) is 0 Å². The molecule has 1 rings (SSSR count). The van der Waals surface area contributed by atoms with Crippen LogP contribution in [0.4, 0.5) is 0 Å². The number of rotatable bonds is 7. The van der Waals surface area contributed by atoms with Crippen LogP contribution in [0.2, 0.25) is 0 Å². The molecule has 0 amide bonds. The fraction of sp³-hybridized carbons (Fsp3) is 0.769. The number of imidazole rings is 1. The second kappa shape index (κ2) is 6.17. The Labute approximate surface area is 105 Å². The monoisotopic (exact) mass is 238 g/mol. The number of aryl methyl sites for hydroxylation is 1. The average Bonchev–Trinajstić information content (AvgIpc) is 2.64. The summed E-state index contributed by atoms with van der Waals surface area (Å²) >= 11 is 0. The molecule has 0 bridgehead atoms. The quantitative estimate of drug-likeness (QED) is 0.785. The molecule has 0 aliphatic heterocycles. The molecule has 0 unspecified atom stereocenters. The van der Waals surface area contributed by atoms with Gasteiger partial charge in [0.1, 0.15) is 0 Å². The average molecular weight is 238 g/mol. The van der Waals surface area contributed by atoms with Crippen molar-refractivity contribution < 1.29 is 0 Å². The molecular weight excluding hydrogens is 212 g/mol. The van der Waals surface area contributed by atoms with E-state index in [-0.39, 0.29) is 5.41 Å². The number of hydrogen-bond acceptors (Lipinski definition) is 3. The molecule has 0 aliphatic rings. The molecule has 0 fully saturated rings. The molecule has 1 heterocycles. The van der Waals surface area contributed by atoms with Gasteiger partial charge in [0, 0.05) is 26.3 Å². The van der Waals surface area contributed by atoms with Gasteiger partial charge in [-0.2, -0.15) is 0 Å². The topological polar surface area (TPSA) is 47.1 Å². The number of nitrogens with two attached hydrogens (primary N) is 1. The maximum absolute atomic E-state index is 5.81. The standard InChI is InChI=1S/C13H26N4/c1-5-6-17(10-13(2,3)9-14)8-12-7-15-11-16(12)4/h7,11H,5-6,8-10,14H2,1-4H3. The van der Waals surface area contributed by atoms with E-state index in [1.54, 1.807) is 0 Å². The lowest BCUT2D eigenvalue weighted by Gasteiger charge is -2.31. The summed E-state index contributed by atoms with van der Waals surface area (Å²) in [6, 6.07) is 0. The van der Waals surface area contributed by atoms with Gasteiger partial charge in [-0.1, -0.05) is 20.8 Å². The highest BCUT2D eigenvalue weighted by molar-refractivity contribution is 4.97. The summed E-state index contributed by atoms with van der Waals surface area (Å²) in [5.74, 6) is 0. The van der Waals surface area contributed by atoms with Gasteiger partial charge in [-0.15, -0.1) is 0 Å². The maximum atomic E-state index is 5.81. The van der Waals surface area contributed by atoms with Crippen LogP contribution in [0.1, 0.15) is 32.9 Å². The lowest BCUT2D eigenvalue weighted by molar-refractivity contribution is 0.173. The zero-order valence-corrected chi connectivity index (χ0v) is 11.6. The molecule has 98 valence electrons.